The second kappa shape index (κ2) is 8.02. The Hall–Kier alpha value is -2.01. The van der Waals surface area contributed by atoms with E-state index < -0.39 is 0 Å². The van der Waals surface area contributed by atoms with Gasteiger partial charge in [-0.3, -0.25) is 0 Å². The summed E-state index contributed by atoms with van der Waals surface area (Å²) in [4.78, 5) is 14.4. The van der Waals surface area contributed by atoms with E-state index in [-0.39, 0.29) is 6.03 Å². The van der Waals surface area contributed by atoms with E-state index >= 15 is 0 Å². The minimum atomic E-state index is -0.177. The van der Waals surface area contributed by atoms with Gasteiger partial charge >= 0.3 is 6.03 Å². The molecule has 1 aliphatic carbocycles. The van der Waals surface area contributed by atoms with Crippen molar-refractivity contribution in [3.8, 4) is 0 Å². The number of urea groups is 1. The van der Waals surface area contributed by atoms with Gasteiger partial charge in [-0.25, -0.2) is 4.79 Å². The first-order chi connectivity index (χ1) is 11.3. The fourth-order valence-corrected chi connectivity index (χ4v) is 3.14. The molecule has 1 saturated carbocycles. The third-order valence-corrected chi connectivity index (χ3v) is 4.41. The van der Waals surface area contributed by atoms with E-state index in [4.69, 9.17) is 4.74 Å². The number of hydrogen-bond acceptors (Lipinski definition) is 3. The molecule has 0 radical (unpaired) electrons. The predicted molar refractivity (Wildman–Crippen MR) is 92.8 cm³/mol. The third-order valence-electron chi connectivity index (χ3n) is 4.41. The molecule has 0 unspecified atom stereocenters. The van der Waals surface area contributed by atoms with Crippen LogP contribution in [0, 0.1) is 0 Å². The first-order valence-corrected chi connectivity index (χ1v) is 8.50. The number of anilines is 2. The van der Waals surface area contributed by atoms with Crippen molar-refractivity contribution in [1.29, 1.82) is 0 Å². The normalized spacial score (nSPS) is 18.4. The minimum absolute atomic E-state index is 0.177. The Labute approximate surface area is 137 Å². The Morgan fingerprint density at radius 3 is 2.61 bits per heavy atom. The van der Waals surface area contributed by atoms with E-state index in [0.29, 0.717) is 0 Å². The van der Waals surface area contributed by atoms with Crippen molar-refractivity contribution >= 4 is 17.4 Å². The number of ether oxygens (including phenoxy) is 1. The highest BCUT2D eigenvalue weighted by Crippen LogP contribution is 2.26. The van der Waals surface area contributed by atoms with Crippen LogP contribution in [0.25, 0.3) is 0 Å². The van der Waals surface area contributed by atoms with Crippen LogP contribution in [0.3, 0.4) is 0 Å². The summed E-state index contributed by atoms with van der Waals surface area (Å²) in [6.07, 6.45) is 7.85. The highest BCUT2D eigenvalue weighted by atomic mass is 16.5. The predicted octanol–water partition coefficient (Wildman–Crippen LogP) is 3.49. The number of para-hydroxylation sites is 2. The second-order valence-electron chi connectivity index (χ2n) is 6.08. The summed E-state index contributed by atoms with van der Waals surface area (Å²) in [5.41, 5.74) is 3.23. The van der Waals surface area contributed by atoms with E-state index in [2.05, 4.69) is 15.5 Å². The van der Waals surface area contributed by atoms with E-state index in [1.54, 1.807) is 0 Å². The summed E-state index contributed by atoms with van der Waals surface area (Å²) in [6, 6.07) is 7.75. The molecule has 2 amide bonds. The molecule has 0 aromatic heterocycles. The maximum absolute atomic E-state index is 12.2. The van der Waals surface area contributed by atoms with Gasteiger partial charge in [0.2, 0.25) is 0 Å². The van der Waals surface area contributed by atoms with Crippen molar-refractivity contribution in [3.63, 3.8) is 0 Å². The van der Waals surface area contributed by atoms with E-state index in [1.807, 2.05) is 30.5 Å². The molecule has 0 bridgehead atoms. The minimum Gasteiger partial charge on any atom is -0.378 e. The first kappa shape index (κ1) is 15.9. The molecule has 5 nitrogen and oxygen atoms in total. The Balaban J connectivity index is 1.61. The van der Waals surface area contributed by atoms with Crippen molar-refractivity contribution in [2.75, 3.05) is 36.5 Å². The van der Waals surface area contributed by atoms with Gasteiger partial charge in [-0.05, 0) is 37.8 Å². The molecule has 1 aromatic rings. The van der Waals surface area contributed by atoms with Crippen LogP contribution in [0.5, 0.6) is 0 Å². The number of carbonyl (C=O) groups excluding carboxylic acids is 1. The van der Waals surface area contributed by atoms with Gasteiger partial charge in [0, 0.05) is 19.3 Å². The molecular weight excluding hydrogens is 290 g/mol. The average molecular weight is 315 g/mol. The Kier molecular flexibility index (Phi) is 5.53. The summed E-state index contributed by atoms with van der Waals surface area (Å²) >= 11 is 0. The largest absolute Gasteiger partial charge is 0.378 e. The van der Waals surface area contributed by atoms with Gasteiger partial charge in [0.1, 0.15) is 0 Å². The topological polar surface area (TPSA) is 53.6 Å². The van der Waals surface area contributed by atoms with Crippen LogP contribution in [0.15, 0.2) is 36.0 Å². The molecular formula is C18H25N3O2. The van der Waals surface area contributed by atoms with Crippen LogP contribution in [-0.2, 0) is 4.74 Å². The Morgan fingerprint density at radius 1 is 1.09 bits per heavy atom. The molecule has 1 aromatic carbocycles. The zero-order valence-corrected chi connectivity index (χ0v) is 13.5. The van der Waals surface area contributed by atoms with E-state index in [1.165, 1.54) is 24.8 Å². The van der Waals surface area contributed by atoms with Gasteiger partial charge in [0.15, 0.2) is 0 Å². The number of allylic oxidation sites excluding steroid dienone is 1. The number of carbonyl (C=O) groups is 1. The van der Waals surface area contributed by atoms with Crippen LogP contribution in [-0.4, -0.2) is 32.3 Å². The number of nitrogens with one attached hydrogen (secondary N) is 2. The van der Waals surface area contributed by atoms with Gasteiger partial charge in [0.25, 0.3) is 0 Å². The molecule has 0 atom stereocenters. The van der Waals surface area contributed by atoms with Gasteiger partial charge in [-0.15, -0.1) is 0 Å². The standard InChI is InChI=1S/C18H25N3O2/c22-18(19-14-15-6-2-1-3-7-15)20-16-8-4-5-9-17(16)21-10-12-23-13-11-21/h4-5,8-9,14H,1-3,6-7,10-13H2,(H2,19,20,22). The molecule has 2 N–H and O–H groups in total. The summed E-state index contributed by atoms with van der Waals surface area (Å²) in [6.45, 7) is 3.16. The highest BCUT2D eigenvalue weighted by molar-refractivity contribution is 5.93. The molecule has 2 fully saturated rings. The summed E-state index contributed by atoms with van der Waals surface area (Å²) in [5.74, 6) is 0. The first-order valence-electron chi connectivity index (χ1n) is 8.50. The lowest BCUT2D eigenvalue weighted by Gasteiger charge is -2.30. The molecule has 5 heteroatoms. The zero-order chi connectivity index (χ0) is 15.9. The number of rotatable bonds is 3. The SMILES string of the molecule is O=C(NC=C1CCCCC1)Nc1ccccc1N1CCOCC1. The summed E-state index contributed by atoms with van der Waals surface area (Å²) in [7, 11) is 0. The number of nitrogens with zero attached hydrogens (tertiary/aromatic N) is 1. The molecule has 124 valence electrons. The molecule has 1 aliphatic heterocycles. The van der Waals surface area contributed by atoms with Crippen LogP contribution < -0.4 is 15.5 Å². The summed E-state index contributed by atoms with van der Waals surface area (Å²) < 4.78 is 5.40. The number of morpholine rings is 1. The maximum atomic E-state index is 12.2. The molecule has 23 heavy (non-hydrogen) atoms. The number of amides is 2. The highest BCUT2D eigenvalue weighted by Gasteiger charge is 2.15. The van der Waals surface area contributed by atoms with Crippen LogP contribution in [0.1, 0.15) is 32.1 Å². The average Bonchev–Trinajstić information content (AvgIpc) is 2.62. The smallest absolute Gasteiger partial charge is 0.323 e. The fraction of sp³-hybridized carbons (Fsp3) is 0.500. The van der Waals surface area contributed by atoms with Gasteiger partial charge < -0.3 is 20.3 Å². The second-order valence-corrected chi connectivity index (χ2v) is 6.08. The molecule has 2 aliphatic rings. The molecule has 1 saturated heterocycles. The molecule has 3 rings (SSSR count). The van der Waals surface area contributed by atoms with Crippen molar-refractivity contribution in [3.05, 3.63) is 36.0 Å². The molecule has 1 heterocycles. The monoisotopic (exact) mass is 315 g/mol. The lowest BCUT2D eigenvalue weighted by molar-refractivity contribution is 0.123. The summed E-state index contributed by atoms with van der Waals surface area (Å²) in [5, 5.41) is 5.85. The Morgan fingerprint density at radius 2 is 1.83 bits per heavy atom. The number of benzene rings is 1. The van der Waals surface area contributed by atoms with E-state index in [0.717, 1.165) is 50.5 Å². The maximum Gasteiger partial charge on any atom is 0.323 e. The van der Waals surface area contributed by atoms with Crippen LogP contribution in [0.4, 0.5) is 16.2 Å². The van der Waals surface area contributed by atoms with Gasteiger partial charge in [-0.2, -0.15) is 0 Å². The third kappa shape index (κ3) is 4.48. The lowest BCUT2D eigenvalue weighted by Crippen LogP contribution is -2.37. The fourth-order valence-electron chi connectivity index (χ4n) is 3.14. The zero-order valence-electron chi connectivity index (χ0n) is 13.5. The molecule has 0 spiro atoms. The van der Waals surface area contributed by atoms with Crippen molar-refractivity contribution in [2.24, 2.45) is 0 Å². The number of hydrogen-bond donors (Lipinski definition) is 2. The van der Waals surface area contributed by atoms with Gasteiger partial charge in [-0.1, -0.05) is 24.1 Å². The van der Waals surface area contributed by atoms with Crippen molar-refractivity contribution in [2.45, 2.75) is 32.1 Å². The van der Waals surface area contributed by atoms with Crippen molar-refractivity contribution in [1.82, 2.24) is 5.32 Å². The quantitative estimate of drug-likeness (QED) is 0.897. The van der Waals surface area contributed by atoms with Crippen molar-refractivity contribution < 1.29 is 9.53 Å². The van der Waals surface area contributed by atoms with Crippen LogP contribution in [0.2, 0.25) is 0 Å². The Bertz CT molecular complexity index is 557. The van der Waals surface area contributed by atoms with Crippen LogP contribution >= 0.6 is 0 Å². The lowest BCUT2D eigenvalue weighted by atomic mass is 9.96. The van der Waals surface area contributed by atoms with E-state index in [9.17, 15) is 4.79 Å². The van der Waals surface area contributed by atoms with Gasteiger partial charge in [0.05, 0.1) is 24.6 Å².